The lowest BCUT2D eigenvalue weighted by atomic mass is 10.3. The first-order valence-corrected chi connectivity index (χ1v) is 5.70. The number of nitrogens with one attached hydrogen (secondary N) is 1. The number of ether oxygens (including phenoxy) is 1. The maximum absolute atomic E-state index is 5.26. The molecule has 0 atom stereocenters. The Kier molecular flexibility index (Phi) is 10.9. The van der Waals surface area contributed by atoms with Crippen LogP contribution in [0.3, 0.4) is 0 Å². The fourth-order valence-electron chi connectivity index (χ4n) is 1.24. The Balaban J connectivity index is 2.85. The lowest BCUT2D eigenvalue weighted by Gasteiger charge is -2.09. The van der Waals surface area contributed by atoms with Crippen LogP contribution in [-0.4, -0.2) is 51.8 Å². The fourth-order valence-corrected chi connectivity index (χ4v) is 1.24. The number of nitrogens with zero attached hydrogens (tertiary/aromatic N) is 1. The summed E-state index contributed by atoms with van der Waals surface area (Å²) in [6.45, 7) is 7.23. The molecule has 0 aromatic carbocycles. The van der Waals surface area contributed by atoms with Crippen molar-refractivity contribution in [3.05, 3.63) is 0 Å². The molecule has 0 aliphatic carbocycles. The van der Waals surface area contributed by atoms with Gasteiger partial charge in [0.1, 0.15) is 0 Å². The van der Waals surface area contributed by atoms with Crippen molar-refractivity contribution >= 4 is 0 Å². The molecule has 0 spiro atoms. The average molecular weight is 202 g/mol. The summed E-state index contributed by atoms with van der Waals surface area (Å²) in [5.41, 5.74) is 0. The van der Waals surface area contributed by atoms with Crippen LogP contribution < -0.4 is 5.32 Å². The van der Waals surface area contributed by atoms with Gasteiger partial charge >= 0.3 is 0 Å². The van der Waals surface area contributed by atoms with Gasteiger partial charge in [0.15, 0.2) is 0 Å². The van der Waals surface area contributed by atoms with Crippen LogP contribution in [0.25, 0.3) is 0 Å². The molecule has 0 heterocycles. The third-order valence-electron chi connectivity index (χ3n) is 2.06. The molecule has 1 N–H and O–H groups in total. The Bertz CT molecular complexity index is 107. The van der Waals surface area contributed by atoms with E-state index in [1.807, 2.05) is 6.92 Å². The Morgan fingerprint density at radius 3 is 2.43 bits per heavy atom. The molecular weight excluding hydrogens is 176 g/mol. The van der Waals surface area contributed by atoms with Crippen molar-refractivity contribution in [2.24, 2.45) is 0 Å². The Morgan fingerprint density at radius 1 is 1.07 bits per heavy atom. The van der Waals surface area contributed by atoms with Gasteiger partial charge in [0.2, 0.25) is 0 Å². The van der Waals surface area contributed by atoms with E-state index in [1.54, 1.807) is 0 Å². The Hall–Kier alpha value is -0.120. The summed E-state index contributed by atoms with van der Waals surface area (Å²) in [4.78, 5) is 2.22. The van der Waals surface area contributed by atoms with Gasteiger partial charge in [-0.25, -0.2) is 0 Å². The smallest absolute Gasteiger partial charge is 0.0466 e. The van der Waals surface area contributed by atoms with E-state index in [0.717, 1.165) is 26.3 Å². The van der Waals surface area contributed by atoms with Crippen molar-refractivity contribution in [1.29, 1.82) is 0 Å². The van der Waals surface area contributed by atoms with Crippen LogP contribution in [0, 0.1) is 0 Å². The van der Waals surface area contributed by atoms with E-state index in [9.17, 15) is 0 Å². The quantitative estimate of drug-likeness (QED) is 0.541. The van der Waals surface area contributed by atoms with Crippen LogP contribution in [-0.2, 0) is 4.74 Å². The fraction of sp³-hybridized carbons (Fsp3) is 1.00. The zero-order valence-electron chi connectivity index (χ0n) is 10.0. The third-order valence-corrected chi connectivity index (χ3v) is 2.06. The number of rotatable bonds is 10. The minimum atomic E-state index is 0.844. The number of unbranched alkanes of at least 4 members (excludes halogenated alkanes) is 1. The van der Waals surface area contributed by atoms with E-state index in [1.165, 1.54) is 25.8 Å². The Morgan fingerprint density at radius 2 is 1.79 bits per heavy atom. The van der Waals surface area contributed by atoms with Crippen molar-refractivity contribution in [2.45, 2.75) is 26.2 Å². The van der Waals surface area contributed by atoms with Crippen LogP contribution in [0.2, 0.25) is 0 Å². The summed E-state index contributed by atoms with van der Waals surface area (Å²) in [5.74, 6) is 0. The summed E-state index contributed by atoms with van der Waals surface area (Å²) in [6, 6.07) is 0. The van der Waals surface area contributed by atoms with Crippen LogP contribution in [0.4, 0.5) is 0 Å². The summed E-state index contributed by atoms with van der Waals surface area (Å²) in [6.07, 6.45) is 3.63. The van der Waals surface area contributed by atoms with Crippen LogP contribution >= 0.6 is 0 Å². The van der Waals surface area contributed by atoms with Gasteiger partial charge in [-0.3, -0.25) is 0 Å². The van der Waals surface area contributed by atoms with Crippen molar-refractivity contribution in [3.63, 3.8) is 0 Å². The van der Waals surface area contributed by atoms with Gasteiger partial charge in [-0.05, 0) is 59.9 Å². The monoisotopic (exact) mass is 202 g/mol. The lowest BCUT2D eigenvalue weighted by Crippen LogP contribution is -2.22. The van der Waals surface area contributed by atoms with E-state index in [-0.39, 0.29) is 0 Å². The Labute approximate surface area is 88.8 Å². The zero-order chi connectivity index (χ0) is 10.6. The molecule has 3 nitrogen and oxygen atoms in total. The molecule has 0 saturated carbocycles. The zero-order valence-corrected chi connectivity index (χ0v) is 10.0. The predicted molar refractivity (Wildman–Crippen MR) is 61.8 cm³/mol. The van der Waals surface area contributed by atoms with Gasteiger partial charge in [-0.1, -0.05) is 0 Å². The van der Waals surface area contributed by atoms with Gasteiger partial charge in [0.05, 0.1) is 0 Å². The molecule has 0 aliphatic heterocycles. The minimum absolute atomic E-state index is 0.844. The van der Waals surface area contributed by atoms with E-state index < -0.39 is 0 Å². The largest absolute Gasteiger partial charge is 0.382 e. The summed E-state index contributed by atoms with van der Waals surface area (Å²) >= 11 is 0. The van der Waals surface area contributed by atoms with E-state index in [4.69, 9.17) is 4.74 Å². The molecule has 0 aromatic rings. The molecule has 0 radical (unpaired) electrons. The van der Waals surface area contributed by atoms with Crippen molar-refractivity contribution in [3.8, 4) is 0 Å². The van der Waals surface area contributed by atoms with Crippen LogP contribution in [0.15, 0.2) is 0 Å². The van der Waals surface area contributed by atoms with Gasteiger partial charge in [0, 0.05) is 13.2 Å². The average Bonchev–Trinajstić information content (AvgIpc) is 2.15. The molecule has 0 rings (SSSR count). The SMILES string of the molecule is CCOCCCCNCCCN(C)C. The normalized spacial score (nSPS) is 11.1. The van der Waals surface area contributed by atoms with E-state index in [2.05, 4.69) is 24.3 Å². The first kappa shape index (κ1) is 13.9. The highest BCUT2D eigenvalue weighted by molar-refractivity contribution is 4.51. The van der Waals surface area contributed by atoms with Gasteiger partial charge in [0.25, 0.3) is 0 Å². The molecule has 0 aliphatic rings. The molecule has 0 saturated heterocycles. The topological polar surface area (TPSA) is 24.5 Å². The van der Waals surface area contributed by atoms with E-state index >= 15 is 0 Å². The molecule has 0 unspecified atom stereocenters. The van der Waals surface area contributed by atoms with Crippen molar-refractivity contribution < 1.29 is 4.74 Å². The van der Waals surface area contributed by atoms with Gasteiger partial charge < -0.3 is 15.0 Å². The molecule has 3 heteroatoms. The maximum atomic E-state index is 5.26. The summed E-state index contributed by atoms with van der Waals surface area (Å²) in [7, 11) is 4.23. The molecule has 0 amide bonds. The molecule has 0 aromatic heterocycles. The second-order valence-electron chi connectivity index (χ2n) is 3.81. The van der Waals surface area contributed by atoms with Gasteiger partial charge in [-0.15, -0.1) is 0 Å². The standard InChI is InChI=1S/C11H26N2O/c1-4-14-11-6-5-8-12-9-7-10-13(2)3/h12H,4-11H2,1-3H3. The van der Waals surface area contributed by atoms with Gasteiger partial charge in [-0.2, -0.15) is 0 Å². The minimum Gasteiger partial charge on any atom is -0.382 e. The van der Waals surface area contributed by atoms with Crippen molar-refractivity contribution in [2.75, 3.05) is 46.9 Å². The molecular formula is C11H26N2O. The van der Waals surface area contributed by atoms with E-state index in [0.29, 0.717) is 0 Å². The highest BCUT2D eigenvalue weighted by atomic mass is 16.5. The molecule has 0 bridgehead atoms. The summed E-state index contributed by atoms with van der Waals surface area (Å²) < 4.78 is 5.26. The molecule has 0 fully saturated rings. The summed E-state index contributed by atoms with van der Waals surface area (Å²) in [5, 5.41) is 3.44. The highest BCUT2D eigenvalue weighted by Crippen LogP contribution is 1.88. The first-order valence-electron chi connectivity index (χ1n) is 5.70. The van der Waals surface area contributed by atoms with Crippen molar-refractivity contribution in [1.82, 2.24) is 10.2 Å². The second-order valence-corrected chi connectivity index (χ2v) is 3.81. The maximum Gasteiger partial charge on any atom is 0.0466 e. The lowest BCUT2D eigenvalue weighted by molar-refractivity contribution is 0.143. The molecule has 14 heavy (non-hydrogen) atoms. The first-order chi connectivity index (χ1) is 6.77. The second kappa shape index (κ2) is 11.0. The van der Waals surface area contributed by atoms with Crippen LogP contribution in [0.5, 0.6) is 0 Å². The highest BCUT2D eigenvalue weighted by Gasteiger charge is 1.91. The number of hydrogen-bond acceptors (Lipinski definition) is 3. The number of hydrogen-bond donors (Lipinski definition) is 1. The predicted octanol–water partition coefficient (Wildman–Crippen LogP) is 1.34. The third kappa shape index (κ3) is 11.9. The molecule has 86 valence electrons. The van der Waals surface area contributed by atoms with Crippen LogP contribution in [0.1, 0.15) is 26.2 Å².